The molecule has 3 aromatic rings. The zero-order valence-corrected chi connectivity index (χ0v) is 26.6. The molecular formula is C37H48N2O4. The van der Waals surface area contributed by atoms with Crippen molar-refractivity contribution >= 4 is 28.6 Å². The van der Waals surface area contributed by atoms with Gasteiger partial charge >= 0.3 is 0 Å². The maximum absolute atomic E-state index is 13.5. The maximum atomic E-state index is 13.5. The van der Waals surface area contributed by atoms with Gasteiger partial charge in [0.15, 0.2) is 5.75 Å². The van der Waals surface area contributed by atoms with Crippen molar-refractivity contribution in [3.8, 4) is 11.5 Å². The maximum Gasteiger partial charge on any atom is 0.297 e. The molecule has 6 nitrogen and oxygen atoms in total. The molecular weight excluding hydrogens is 536 g/mol. The highest BCUT2D eigenvalue weighted by molar-refractivity contribution is 6.03. The summed E-state index contributed by atoms with van der Waals surface area (Å²) in [6, 6.07) is 15.2. The minimum Gasteiger partial charge on any atom is -0.485 e. The number of carbonyl (C=O) groups is 1. The van der Waals surface area contributed by atoms with E-state index in [1.165, 1.54) is 42.9 Å². The summed E-state index contributed by atoms with van der Waals surface area (Å²) in [6.07, 6.45) is 16.3. The highest BCUT2D eigenvalue weighted by Gasteiger charge is 2.19. The highest BCUT2D eigenvalue weighted by Crippen LogP contribution is 2.34. The van der Waals surface area contributed by atoms with Crippen LogP contribution in [-0.4, -0.2) is 23.7 Å². The summed E-state index contributed by atoms with van der Waals surface area (Å²) in [5, 5.41) is 3.66. The van der Waals surface area contributed by atoms with Gasteiger partial charge in [-0.15, -0.1) is 0 Å². The number of nitrogens with zero attached hydrogens (tertiary/aromatic N) is 1. The Morgan fingerprint density at radius 2 is 1.65 bits per heavy atom. The molecule has 0 aliphatic heterocycles. The number of unbranched alkanes of at least 4 members (excludes halogenated alkanes) is 5. The smallest absolute Gasteiger partial charge is 0.297 e. The molecule has 3 rings (SSSR count). The van der Waals surface area contributed by atoms with Crippen molar-refractivity contribution in [2.75, 3.05) is 18.5 Å². The summed E-state index contributed by atoms with van der Waals surface area (Å²) >= 11 is 0. The third-order valence-electron chi connectivity index (χ3n) is 7.30. The number of hydrogen-bond donors (Lipinski definition) is 1. The van der Waals surface area contributed by atoms with E-state index in [9.17, 15) is 9.59 Å². The molecule has 0 saturated carbocycles. The monoisotopic (exact) mass is 584 g/mol. The van der Waals surface area contributed by atoms with Crippen LogP contribution in [0.2, 0.25) is 0 Å². The summed E-state index contributed by atoms with van der Waals surface area (Å²) in [5.41, 5.74) is 4.47. The third-order valence-corrected chi connectivity index (χ3v) is 7.30. The average molecular weight is 585 g/mol. The Morgan fingerprint density at radius 1 is 0.907 bits per heavy atom. The Hall–Kier alpha value is -4.06. The van der Waals surface area contributed by atoms with E-state index in [1.54, 1.807) is 23.8 Å². The molecule has 1 heterocycles. The number of pyridine rings is 1. The fourth-order valence-electron chi connectivity index (χ4n) is 4.77. The number of anilines is 1. The number of hydrogen-bond acceptors (Lipinski definition) is 4. The second kappa shape index (κ2) is 17.8. The number of ether oxygens (including phenoxy) is 2. The van der Waals surface area contributed by atoms with E-state index in [0.717, 1.165) is 36.6 Å². The predicted octanol–water partition coefficient (Wildman–Crippen LogP) is 9.00. The molecule has 0 spiro atoms. The van der Waals surface area contributed by atoms with E-state index < -0.39 is 0 Å². The first-order chi connectivity index (χ1) is 20.8. The summed E-state index contributed by atoms with van der Waals surface area (Å²) < 4.78 is 14.0. The highest BCUT2D eigenvalue weighted by atomic mass is 16.5. The fourth-order valence-corrected chi connectivity index (χ4v) is 4.77. The molecule has 0 bridgehead atoms. The molecule has 1 aromatic heterocycles. The Kier molecular flexibility index (Phi) is 13.8. The van der Waals surface area contributed by atoms with Gasteiger partial charge in [-0.2, -0.15) is 0 Å². The van der Waals surface area contributed by atoms with Gasteiger partial charge in [0.2, 0.25) is 11.7 Å². The Morgan fingerprint density at radius 3 is 2.40 bits per heavy atom. The van der Waals surface area contributed by atoms with Crippen LogP contribution in [0.5, 0.6) is 11.5 Å². The largest absolute Gasteiger partial charge is 0.485 e. The van der Waals surface area contributed by atoms with E-state index in [4.69, 9.17) is 9.47 Å². The molecule has 1 amide bonds. The van der Waals surface area contributed by atoms with Crippen LogP contribution in [0.3, 0.4) is 0 Å². The second-order valence-corrected chi connectivity index (χ2v) is 11.3. The number of benzene rings is 2. The van der Waals surface area contributed by atoms with E-state index >= 15 is 0 Å². The minimum absolute atomic E-state index is 0.238. The van der Waals surface area contributed by atoms with Crippen molar-refractivity contribution < 1.29 is 14.3 Å². The van der Waals surface area contributed by atoms with Crippen molar-refractivity contribution in [3.05, 3.63) is 93.8 Å². The Labute approximate surface area is 257 Å². The molecule has 0 radical (unpaired) electrons. The third kappa shape index (κ3) is 10.9. The van der Waals surface area contributed by atoms with Gasteiger partial charge in [0.1, 0.15) is 6.61 Å². The summed E-state index contributed by atoms with van der Waals surface area (Å²) in [5.74, 6) is 0.429. The van der Waals surface area contributed by atoms with E-state index in [0.29, 0.717) is 30.2 Å². The van der Waals surface area contributed by atoms with Crippen LogP contribution >= 0.6 is 0 Å². The number of aryl methyl sites for hydroxylation is 1. The quantitative estimate of drug-likeness (QED) is 0.0976. The van der Waals surface area contributed by atoms with E-state index in [1.807, 2.05) is 42.5 Å². The second-order valence-electron chi connectivity index (χ2n) is 11.3. The van der Waals surface area contributed by atoms with Gasteiger partial charge in [-0.05, 0) is 75.9 Å². The molecule has 1 N–H and O–H groups in total. The first-order valence-electron chi connectivity index (χ1n) is 15.6. The molecule has 0 unspecified atom stereocenters. The Balaban J connectivity index is 1.84. The van der Waals surface area contributed by atoms with Gasteiger partial charge < -0.3 is 19.4 Å². The van der Waals surface area contributed by atoms with Crippen LogP contribution in [0.1, 0.15) is 84.6 Å². The lowest BCUT2D eigenvalue weighted by molar-refractivity contribution is -0.111. The molecule has 0 fully saturated rings. The number of amides is 1. The average Bonchev–Trinajstić information content (AvgIpc) is 2.99. The zero-order valence-electron chi connectivity index (χ0n) is 26.6. The lowest BCUT2D eigenvalue weighted by Crippen LogP contribution is -2.22. The topological polar surface area (TPSA) is 69.6 Å². The van der Waals surface area contributed by atoms with Crippen molar-refractivity contribution in [1.82, 2.24) is 4.57 Å². The normalized spacial score (nSPS) is 11.6. The van der Waals surface area contributed by atoms with Gasteiger partial charge in [-0.3, -0.25) is 9.59 Å². The summed E-state index contributed by atoms with van der Waals surface area (Å²) in [6.45, 7) is 9.31. The lowest BCUT2D eigenvalue weighted by Gasteiger charge is -2.17. The van der Waals surface area contributed by atoms with Crippen LogP contribution in [-0.2, 0) is 11.8 Å². The number of rotatable bonds is 17. The van der Waals surface area contributed by atoms with E-state index in [2.05, 4.69) is 45.2 Å². The van der Waals surface area contributed by atoms with Crippen LogP contribution < -0.4 is 20.3 Å². The number of carbonyl (C=O) groups excluding carboxylic acids is 1. The summed E-state index contributed by atoms with van der Waals surface area (Å²) in [4.78, 5) is 26.2. The van der Waals surface area contributed by atoms with Crippen LogP contribution in [0.25, 0.3) is 17.0 Å². The number of allylic oxidation sites excluding steroid dienone is 3. The lowest BCUT2D eigenvalue weighted by atomic mass is 10.1. The van der Waals surface area contributed by atoms with Crippen LogP contribution in [0.4, 0.5) is 5.69 Å². The molecule has 43 heavy (non-hydrogen) atoms. The molecule has 0 atom stereocenters. The predicted molar refractivity (Wildman–Crippen MR) is 180 cm³/mol. The van der Waals surface area contributed by atoms with E-state index in [-0.39, 0.29) is 17.2 Å². The number of aromatic nitrogens is 1. The SMILES string of the molecule is CCCCCCCCOc1c(OCC=C(C)CCC=C(C)C)c2ccc(NC(=O)C=Cc3ccccc3)cc2n(C)c1=O. The molecule has 0 saturated heterocycles. The van der Waals surface area contributed by atoms with Crippen molar-refractivity contribution in [2.24, 2.45) is 7.05 Å². The van der Waals surface area contributed by atoms with Gasteiger partial charge in [-0.1, -0.05) is 86.6 Å². The molecule has 0 aliphatic rings. The minimum atomic E-state index is -0.259. The molecule has 0 aliphatic carbocycles. The zero-order chi connectivity index (χ0) is 31.0. The standard InChI is InChI=1S/C37H48N2O4/c1-6-7-8-9-10-14-25-42-36-35(43-26-24-29(4)17-15-16-28(2)3)32-22-21-31(27-33(32)39(5)37(36)41)38-34(40)23-20-30-18-12-11-13-19-30/h11-13,16,18-24,27H,6-10,14-15,17,25-26H2,1-5H3,(H,38,40). The first kappa shape index (κ1) is 33.4. The molecule has 6 heteroatoms. The fraction of sp³-hybridized carbons (Fsp3) is 0.405. The number of nitrogens with one attached hydrogen (secondary N) is 1. The number of fused-ring (bicyclic) bond motifs is 1. The first-order valence-corrected chi connectivity index (χ1v) is 15.6. The van der Waals surface area contributed by atoms with Gasteiger partial charge in [-0.25, -0.2) is 0 Å². The molecule has 2 aromatic carbocycles. The summed E-state index contributed by atoms with van der Waals surface area (Å²) in [7, 11) is 1.72. The van der Waals surface area contributed by atoms with Crippen LogP contribution in [0.15, 0.2) is 82.7 Å². The van der Waals surface area contributed by atoms with Gasteiger partial charge in [0.05, 0.1) is 12.1 Å². The van der Waals surface area contributed by atoms with Crippen molar-refractivity contribution in [3.63, 3.8) is 0 Å². The van der Waals surface area contributed by atoms with Crippen LogP contribution in [0, 0.1) is 0 Å². The van der Waals surface area contributed by atoms with Crippen molar-refractivity contribution in [2.45, 2.75) is 79.1 Å². The van der Waals surface area contributed by atoms with Crippen molar-refractivity contribution in [1.29, 1.82) is 0 Å². The Bertz CT molecular complexity index is 1480. The van der Waals surface area contributed by atoms with Gasteiger partial charge in [0, 0.05) is 24.2 Å². The molecule has 230 valence electrons. The van der Waals surface area contributed by atoms with Gasteiger partial charge in [0.25, 0.3) is 5.56 Å².